The molecule has 2 amide bonds. The molecule has 2 rings (SSSR count). The van der Waals surface area contributed by atoms with E-state index < -0.39 is 5.91 Å². The zero-order valence-corrected chi connectivity index (χ0v) is 15.5. The number of aromatic nitrogens is 2. The van der Waals surface area contributed by atoms with Crippen LogP contribution in [0.1, 0.15) is 40.7 Å². The van der Waals surface area contributed by atoms with Crippen molar-refractivity contribution in [3.8, 4) is 5.75 Å². The summed E-state index contributed by atoms with van der Waals surface area (Å²) >= 11 is 6.89. The predicted molar refractivity (Wildman–Crippen MR) is 95.8 cm³/mol. The quantitative estimate of drug-likeness (QED) is 0.567. The number of ether oxygens (including phenoxy) is 1. The van der Waals surface area contributed by atoms with E-state index in [9.17, 15) is 9.59 Å². The lowest BCUT2D eigenvalue weighted by Gasteiger charge is -2.10. The number of carbonyl (C=O) groups excluding carboxylic acids is 2. The van der Waals surface area contributed by atoms with Gasteiger partial charge in [0.25, 0.3) is 5.91 Å². The predicted octanol–water partition coefficient (Wildman–Crippen LogP) is 2.68. The maximum absolute atomic E-state index is 11.9. The van der Waals surface area contributed by atoms with Gasteiger partial charge >= 0.3 is 0 Å². The van der Waals surface area contributed by atoms with Crippen molar-refractivity contribution in [3.63, 3.8) is 0 Å². The van der Waals surface area contributed by atoms with Gasteiger partial charge in [0.05, 0.1) is 12.3 Å². The van der Waals surface area contributed by atoms with Crippen LogP contribution in [0.15, 0.2) is 18.2 Å². The number of halogens is 1. The van der Waals surface area contributed by atoms with Gasteiger partial charge < -0.3 is 4.74 Å². The standard InChI is InChI=1S/C16H19ClN4O3S/c1-3-12-15(25-21-18-12)16(23)20-19-14(22)5-4-8-24-13-7-6-11(17)9-10(13)2/h6-7,9H,3-5,8H2,1-2H3,(H,19,22)(H,20,23). The van der Waals surface area contributed by atoms with Crippen LogP contribution in [0.2, 0.25) is 5.02 Å². The largest absolute Gasteiger partial charge is 0.493 e. The van der Waals surface area contributed by atoms with Crippen LogP contribution in [-0.2, 0) is 11.2 Å². The highest BCUT2D eigenvalue weighted by Gasteiger charge is 2.15. The molecule has 0 aliphatic rings. The van der Waals surface area contributed by atoms with Crippen molar-refractivity contribution < 1.29 is 14.3 Å². The second-order valence-electron chi connectivity index (χ2n) is 5.27. The van der Waals surface area contributed by atoms with E-state index in [1.807, 2.05) is 19.9 Å². The minimum atomic E-state index is -0.409. The molecular formula is C16H19ClN4O3S. The van der Waals surface area contributed by atoms with E-state index >= 15 is 0 Å². The van der Waals surface area contributed by atoms with Crippen molar-refractivity contribution in [1.29, 1.82) is 0 Å². The molecule has 0 unspecified atom stereocenters. The van der Waals surface area contributed by atoms with Crippen LogP contribution < -0.4 is 15.6 Å². The number of hydrogen-bond donors (Lipinski definition) is 2. The normalized spacial score (nSPS) is 10.4. The topological polar surface area (TPSA) is 93.2 Å². The fourth-order valence-electron chi connectivity index (χ4n) is 2.05. The van der Waals surface area contributed by atoms with Gasteiger partial charge in [-0.2, -0.15) is 0 Å². The van der Waals surface area contributed by atoms with Gasteiger partial charge in [-0.15, -0.1) is 5.10 Å². The summed E-state index contributed by atoms with van der Waals surface area (Å²) in [6, 6.07) is 5.37. The van der Waals surface area contributed by atoms with Crippen LogP contribution in [0, 0.1) is 6.92 Å². The first-order valence-corrected chi connectivity index (χ1v) is 8.95. The number of carbonyl (C=O) groups is 2. The molecule has 0 aliphatic carbocycles. The molecule has 0 spiro atoms. The summed E-state index contributed by atoms with van der Waals surface area (Å²) in [4.78, 5) is 24.1. The number of hydrazine groups is 1. The first kappa shape index (κ1) is 19.1. The van der Waals surface area contributed by atoms with Crippen LogP contribution in [0.4, 0.5) is 0 Å². The summed E-state index contributed by atoms with van der Waals surface area (Å²) in [5, 5.41) is 4.51. The van der Waals surface area contributed by atoms with E-state index in [-0.39, 0.29) is 12.3 Å². The molecule has 0 bridgehead atoms. The Balaban J connectivity index is 1.68. The molecule has 0 radical (unpaired) electrons. The van der Waals surface area contributed by atoms with Crippen molar-refractivity contribution in [2.75, 3.05) is 6.61 Å². The monoisotopic (exact) mass is 382 g/mol. The fraction of sp³-hybridized carbons (Fsp3) is 0.375. The van der Waals surface area contributed by atoms with Gasteiger partial charge in [0, 0.05) is 11.4 Å². The molecule has 0 saturated heterocycles. The molecule has 0 aliphatic heterocycles. The van der Waals surface area contributed by atoms with Crippen molar-refractivity contribution in [2.45, 2.75) is 33.1 Å². The minimum Gasteiger partial charge on any atom is -0.493 e. The number of amides is 2. The van der Waals surface area contributed by atoms with Crippen LogP contribution in [0.5, 0.6) is 5.75 Å². The third-order valence-corrected chi connectivity index (χ3v) is 4.36. The van der Waals surface area contributed by atoms with Crippen molar-refractivity contribution in [3.05, 3.63) is 39.4 Å². The fourth-order valence-corrected chi connectivity index (χ4v) is 2.92. The lowest BCUT2D eigenvalue weighted by Crippen LogP contribution is -2.41. The molecule has 1 heterocycles. The zero-order chi connectivity index (χ0) is 18.2. The first-order chi connectivity index (χ1) is 12.0. The third-order valence-electron chi connectivity index (χ3n) is 3.36. The molecule has 0 fully saturated rings. The molecule has 25 heavy (non-hydrogen) atoms. The lowest BCUT2D eigenvalue weighted by atomic mass is 10.2. The smallest absolute Gasteiger partial charge is 0.283 e. The van der Waals surface area contributed by atoms with Crippen LogP contribution in [0.25, 0.3) is 0 Å². The minimum absolute atomic E-state index is 0.231. The molecule has 2 aromatic rings. The molecule has 1 aromatic carbocycles. The maximum atomic E-state index is 11.9. The number of nitrogens with zero attached hydrogens (tertiary/aromatic N) is 2. The van der Waals surface area contributed by atoms with Crippen molar-refractivity contribution in [2.24, 2.45) is 0 Å². The van der Waals surface area contributed by atoms with Crippen LogP contribution in [0.3, 0.4) is 0 Å². The van der Waals surface area contributed by atoms with Gasteiger partial charge in [0.15, 0.2) is 0 Å². The van der Waals surface area contributed by atoms with Gasteiger partial charge in [-0.3, -0.25) is 20.4 Å². The summed E-state index contributed by atoms with van der Waals surface area (Å²) in [5.74, 6) is 0.0384. The lowest BCUT2D eigenvalue weighted by molar-refractivity contribution is -0.122. The Hall–Kier alpha value is -2.19. The Labute approximate surface area is 154 Å². The Morgan fingerprint density at radius 2 is 2.12 bits per heavy atom. The summed E-state index contributed by atoms with van der Waals surface area (Å²) in [5.41, 5.74) is 6.30. The molecule has 0 atom stereocenters. The van der Waals surface area contributed by atoms with Gasteiger partial charge in [-0.05, 0) is 55.1 Å². The van der Waals surface area contributed by atoms with E-state index in [4.69, 9.17) is 16.3 Å². The molecule has 2 N–H and O–H groups in total. The Bertz CT molecular complexity index is 751. The molecule has 0 saturated carbocycles. The first-order valence-electron chi connectivity index (χ1n) is 7.80. The van der Waals surface area contributed by atoms with Crippen molar-refractivity contribution in [1.82, 2.24) is 20.4 Å². The average Bonchev–Trinajstić information content (AvgIpc) is 3.07. The van der Waals surface area contributed by atoms with Crippen molar-refractivity contribution >= 4 is 34.9 Å². The van der Waals surface area contributed by atoms with Gasteiger partial charge in [-0.1, -0.05) is 23.0 Å². The number of aryl methyl sites for hydroxylation is 2. The Kier molecular flexibility index (Phi) is 7.15. The molecule has 7 nitrogen and oxygen atoms in total. The number of rotatable bonds is 7. The van der Waals surface area contributed by atoms with E-state index in [2.05, 4.69) is 20.4 Å². The van der Waals surface area contributed by atoms with Crippen LogP contribution in [-0.4, -0.2) is 28.0 Å². The summed E-state index contributed by atoms with van der Waals surface area (Å²) in [6.07, 6.45) is 1.36. The second kappa shape index (κ2) is 9.33. The van der Waals surface area contributed by atoms with Crippen LogP contribution >= 0.6 is 23.1 Å². The SMILES string of the molecule is CCc1nnsc1C(=O)NNC(=O)CCCOc1ccc(Cl)cc1C. The zero-order valence-electron chi connectivity index (χ0n) is 14.0. The maximum Gasteiger partial charge on any atom is 0.283 e. The Morgan fingerprint density at radius 1 is 1.32 bits per heavy atom. The number of nitrogens with one attached hydrogen (secondary N) is 2. The Morgan fingerprint density at radius 3 is 2.84 bits per heavy atom. The van der Waals surface area contributed by atoms with Gasteiger partial charge in [0.2, 0.25) is 5.91 Å². The summed E-state index contributed by atoms with van der Waals surface area (Å²) in [7, 11) is 0. The molecule has 1 aromatic heterocycles. The van der Waals surface area contributed by atoms with E-state index in [0.717, 1.165) is 22.8 Å². The van der Waals surface area contributed by atoms with E-state index in [1.54, 1.807) is 12.1 Å². The van der Waals surface area contributed by atoms with E-state index in [1.165, 1.54) is 0 Å². The summed E-state index contributed by atoms with van der Waals surface area (Å²) in [6.45, 7) is 4.18. The summed E-state index contributed by atoms with van der Waals surface area (Å²) < 4.78 is 9.35. The molecule has 9 heteroatoms. The molecule has 134 valence electrons. The highest BCUT2D eigenvalue weighted by molar-refractivity contribution is 7.08. The number of benzene rings is 1. The average molecular weight is 383 g/mol. The highest BCUT2D eigenvalue weighted by atomic mass is 35.5. The third kappa shape index (κ3) is 5.68. The highest BCUT2D eigenvalue weighted by Crippen LogP contribution is 2.21. The van der Waals surface area contributed by atoms with E-state index in [0.29, 0.717) is 35.0 Å². The van der Waals surface area contributed by atoms with Gasteiger partial charge in [0.1, 0.15) is 10.6 Å². The second-order valence-corrected chi connectivity index (χ2v) is 6.46. The number of hydrogen-bond acceptors (Lipinski definition) is 6. The molecular weight excluding hydrogens is 364 g/mol. The van der Waals surface area contributed by atoms with Gasteiger partial charge in [-0.25, -0.2) is 0 Å².